The van der Waals surface area contributed by atoms with Crippen LogP contribution in [0.1, 0.15) is 48.1 Å². The Morgan fingerprint density at radius 1 is 1.17 bits per heavy atom. The summed E-state index contributed by atoms with van der Waals surface area (Å²) in [7, 11) is 2.14. The predicted molar refractivity (Wildman–Crippen MR) is 160 cm³/mol. The van der Waals surface area contributed by atoms with Crippen LogP contribution in [0.2, 0.25) is 10.0 Å². The van der Waals surface area contributed by atoms with E-state index in [2.05, 4.69) is 29.5 Å². The fraction of sp³-hybridized carbons (Fsp3) is 0.548. The van der Waals surface area contributed by atoms with Crippen LogP contribution in [0.15, 0.2) is 24.8 Å². The Hall–Kier alpha value is -2.86. The number of piperazine rings is 1. The van der Waals surface area contributed by atoms with Crippen LogP contribution in [0.4, 0.5) is 5.82 Å². The number of carbonyl (C=O) groups is 1. The summed E-state index contributed by atoms with van der Waals surface area (Å²) < 4.78 is 6.30. The minimum Gasteiger partial charge on any atom is -0.462 e. The van der Waals surface area contributed by atoms with E-state index in [0.29, 0.717) is 48.3 Å². The van der Waals surface area contributed by atoms with Gasteiger partial charge in [0.05, 0.1) is 34.3 Å². The molecule has 0 N–H and O–H groups in total. The maximum absolute atomic E-state index is 12.5. The summed E-state index contributed by atoms with van der Waals surface area (Å²) in [4.78, 5) is 28.8. The molecule has 3 heterocycles. The van der Waals surface area contributed by atoms with Crippen LogP contribution in [-0.2, 0) is 30.5 Å². The zero-order valence-electron chi connectivity index (χ0n) is 23.5. The number of carbonyl (C=O) groups excluding carboxylic acids is 1. The number of nitriles is 1. The Kier molecular flexibility index (Phi) is 7.88. The third-order valence-corrected chi connectivity index (χ3v) is 10.2. The van der Waals surface area contributed by atoms with Gasteiger partial charge in [0.25, 0.3) is 0 Å². The number of aromatic nitrogens is 2. The average Bonchev–Trinajstić information content (AvgIpc) is 3.52. The lowest BCUT2D eigenvalue weighted by Gasteiger charge is -2.42. The van der Waals surface area contributed by atoms with Gasteiger partial charge >= 0.3 is 6.01 Å². The summed E-state index contributed by atoms with van der Waals surface area (Å²) in [6.07, 6.45) is 8.48. The fourth-order valence-electron chi connectivity index (χ4n) is 7.28. The number of likely N-dealkylation sites (N-methyl/N-ethyl adjacent to an activating group) is 1. The van der Waals surface area contributed by atoms with E-state index in [4.69, 9.17) is 37.9 Å². The summed E-state index contributed by atoms with van der Waals surface area (Å²) >= 11 is 12.7. The molecule has 2 aliphatic carbocycles. The van der Waals surface area contributed by atoms with Gasteiger partial charge in [0.1, 0.15) is 12.4 Å². The van der Waals surface area contributed by atoms with Crippen LogP contribution in [0.3, 0.4) is 0 Å². The molecule has 0 saturated carbocycles. The number of hydrogen-bond donors (Lipinski definition) is 0. The molecule has 2 atom stereocenters. The van der Waals surface area contributed by atoms with Crippen LogP contribution < -0.4 is 9.64 Å². The molecule has 1 aromatic heterocycles. The van der Waals surface area contributed by atoms with Gasteiger partial charge in [0.15, 0.2) is 0 Å². The number of ether oxygens (including phenoxy) is 1. The molecule has 1 aromatic carbocycles. The first kappa shape index (κ1) is 28.3. The lowest BCUT2D eigenvalue weighted by Crippen LogP contribution is -2.55. The Morgan fingerprint density at radius 2 is 1.93 bits per heavy atom. The van der Waals surface area contributed by atoms with Crippen molar-refractivity contribution in [3.05, 3.63) is 57.2 Å². The van der Waals surface area contributed by atoms with Gasteiger partial charge in [-0.25, -0.2) is 0 Å². The van der Waals surface area contributed by atoms with Crippen molar-refractivity contribution in [1.29, 1.82) is 5.26 Å². The maximum atomic E-state index is 12.5. The number of likely N-dealkylation sites (tertiary alicyclic amines) is 1. The molecule has 2 unspecified atom stereocenters. The lowest BCUT2D eigenvalue weighted by atomic mass is 9.71. The second-order valence-electron chi connectivity index (χ2n) is 12.1. The highest BCUT2D eigenvalue weighted by Gasteiger charge is 2.43. The molecular weight excluding hydrogens is 559 g/mol. The first-order valence-electron chi connectivity index (χ1n) is 14.5. The van der Waals surface area contributed by atoms with E-state index in [9.17, 15) is 10.1 Å². The highest BCUT2D eigenvalue weighted by molar-refractivity contribution is 6.42. The van der Waals surface area contributed by atoms with Gasteiger partial charge in [-0.2, -0.15) is 15.2 Å². The minimum atomic E-state index is -0.227. The van der Waals surface area contributed by atoms with E-state index >= 15 is 0 Å². The quantitative estimate of drug-likeness (QED) is 0.450. The third-order valence-electron chi connectivity index (χ3n) is 9.51. The maximum Gasteiger partial charge on any atom is 0.318 e. The molecule has 1 amide bonds. The van der Waals surface area contributed by atoms with Crippen LogP contribution >= 0.6 is 23.2 Å². The first-order valence-corrected chi connectivity index (χ1v) is 15.3. The monoisotopic (exact) mass is 594 g/mol. The van der Waals surface area contributed by atoms with E-state index in [1.54, 1.807) is 4.90 Å². The Morgan fingerprint density at radius 3 is 2.59 bits per heavy atom. The zero-order chi connectivity index (χ0) is 28.7. The van der Waals surface area contributed by atoms with E-state index in [-0.39, 0.29) is 23.8 Å². The van der Waals surface area contributed by atoms with E-state index in [0.717, 1.165) is 62.1 Å². The number of benzene rings is 1. The summed E-state index contributed by atoms with van der Waals surface area (Å²) in [5.41, 5.74) is 4.83. The predicted octanol–water partition coefficient (Wildman–Crippen LogP) is 4.65. The van der Waals surface area contributed by atoms with Gasteiger partial charge in [-0.15, -0.1) is 0 Å². The average molecular weight is 596 g/mol. The van der Waals surface area contributed by atoms with E-state index in [1.807, 2.05) is 12.1 Å². The molecule has 10 heteroatoms. The molecule has 2 aliphatic heterocycles. The lowest BCUT2D eigenvalue weighted by molar-refractivity contribution is -0.128. The van der Waals surface area contributed by atoms with Gasteiger partial charge in [0, 0.05) is 31.2 Å². The van der Waals surface area contributed by atoms with Crippen molar-refractivity contribution in [2.45, 2.75) is 63.5 Å². The molecule has 2 fully saturated rings. The standard InChI is InChI=1S/C31H36Cl2N6O2/c1-3-28(40)39-12-11-38(18-22(39)7-9-34)29-24-6-8-31(15-20-13-25(32)26(33)14-21(20)16-31)17-27(24)35-30(36-29)41-19-23-5-4-10-37(23)2/h3,13-14,22-23H,1,4-8,10-12,15-19H2,2H3. The van der Waals surface area contributed by atoms with Crippen LogP contribution in [-0.4, -0.2) is 77.6 Å². The van der Waals surface area contributed by atoms with Crippen molar-refractivity contribution >= 4 is 34.9 Å². The molecule has 8 nitrogen and oxygen atoms in total. The molecule has 0 bridgehead atoms. The van der Waals surface area contributed by atoms with Crippen molar-refractivity contribution in [2.75, 3.05) is 44.7 Å². The van der Waals surface area contributed by atoms with Gasteiger partial charge < -0.3 is 19.4 Å². The van der Waals surface area contributed by atoms with Crippen molar-refractivity contribution in [3.8, 4) is 12.1 Å². The molecule has 0 radical (unpaired) electrons. The largest absolute Gasteiger partial charge is 0.462 e. The first-order chi connectivity index (χ1) is 19.8. The number of fused-ring (bicyclic) bond motifs is 2. The Bertz CT molecular complexity index is 1380. The number of amides is 1. The molecule has 2 saturated heterocycles. The van der Waals surface area contributed by atoms with Crippen molar-refractivity contribution in [2.24, 2.45) is 5.41 Å². The van der Waals surface area contributed by atoms with E-state index in [1.165, 1.54) is 23.6 Å². The second kappa shape index (κ2) is 11.4. The van der Waals surface area contributed by atoms with E-state index < -0.39 is 0 Å². The number of anilines is 1. The normalized spacial score (nSPS) is 23.3. The van der Waals surface area contributed by atoms with Gasteiger partial charge in [-0.1, -0.05) is 29.8 Å². The summed E-state index contributed by atoms with van der Waals surface area (Å²) in [5.74, 6) is 0.747. The van der Waals surface area contributed by atoms with Gasteiger partial charge in [-0.3, -0.25) is 4.79 Å². The highest BCUT2D eigenvalue weighted by atomic mass is 35.5. The molecule has 6 rings (SSSR count). The van der Waals surface area contributed by atoms with Crippen LogP contribution in [0.5, 0.6) is 6.01 Å². The molecular formula is C31H36Cl2N6O2. The summed E-state index contributed by atoms with van der Waals surface area (Å²) in [6.45, 7) is 6.97. The smallest absolute Gasteiger partial charge is 0.318 e. The van der Waals surface area contributed by atoms with Crippen molar-refractivity contribution in [1.82, 2.24) is 19.8 Å². The molecule has 1 spiro atoms. The summed E-state index contributed by atoms with van der Waals surface area (Å²) in [6, 6.07) is 6.87. The molecule has 41 heavy (non-hydrogen) atoms. The number of hydrogen-bond acceptors (Lipinski definition) is 7. The SMILES string of the molecule is C=CC(=O)N1CCN(c2nc(OCC3CCCN3C)nc3c2CCC2(Cc4cc(Cl)c(Cl)cc4C2)C3)CC1CC#N. The van der Waals surface area contributed by atoms with Crippen LogP contribution in [0, 0.1) is 16.7 Å². The molecule has 216 valence electrons. The second-order valence-corrected chi connectivity index (χ2v) is 12.9. The molecule has 2 aromatic rings. The number of nitrogens with zero attached hydrogens (tertiary/aromatic N) is 6. The fourth-order valence-corrected chi connectivity index (χ4v) is 7.66. The highest BCUT2D eigenvalue weighted by Crippen LogP contribution is 2.49. The minimum absolute atomic E-state index is 0.0658. The topological polar surface area (TPSA) is 85.6 Å². The zero-order valence-corrected chi connectivity index (χ0v) is 25.1. The number of rotatable bonds is 6. The van der Waals surface area contributed by atoms with Crippen molar-refractivity contribution < 1.29 is 9.53 Å². The van der Waals surface area contributed by atoms with Crippen LogP contribution in [0.25, 0.3) is 0 Å². The number of halogens is 2. The van der Waals surface area contributed by atoms with Gasteiger partial charge in [0.2, 0.25) is 5.91 Å². The summed E-state index contributed by atoms with van der Waals surface area (Å²) in [5, 5.41) is 10.7. The van der Waals surface area contributed by atoms with Gasteiger partial charge in [-0.05, 0) is 93.3 Å². The Labute approximate surface area is 251 Å². The van der Waals surface area contributed by atoms with Crippen molar-refractivity contribution in [3.63, 3.8) is 0 Å². The molecule has 4 aliphatic rings. The third kappa shape index (κ3) is 5.52. The Balaban J connectivity index is 1.31.